The molecular formula is C16H15F2N3O4S. The van der Waals surface area contributed by atoms with Crippen LogP contribution >= 0.6 is 0 Å². The van der Waals surface area contributed by atoms with E-state index in [4.69, 9.17) is 4.74 Å². The summed E-state index contributed by atoms with van der Waals surface area (Å²) in [6, 6.07) is 4.52. The van der Waals surface area contributed by atoms with Crippen molar-refractivity contribution in [1.29, 1.82) is 0 Å². The number of amides is 1. The minimum atomic E-state index is -3.64. The van der Waals surface area contributed by atoms with Crippen LogP contribution in [0.15, 0.2) is 30.5 Å². The van der Waals surface area contributed by atoms with Gasteiger partial charge in [0.25, 0.3) is 5.91 Å². The molecule has 2 heterocycles. The second-order valence-electron chi connectivity index (χ2n) is 6.27. The van der Waals surface area contributed by atoms with E-state index in [1.807, 2.05) is 0 Å². The van der Waals surface area contributed by atoms with E-state index in [1.54, 1.807) is 0 Å². The van der Waals surface area contributed by atoms with Crippen molar-refractivity contribution >= 4 is 33.1 Å². The molecule has 1 aromatic heterocycles. The van der Waals surface area contributed by atoms with Crippen molar-refractivity contribution in [3.63, 3.8) is 0 Å². The van der Waals surface area contributed by atoms with Crippen LogP contribution in [0.5, 0.6) is 5.75 Å². The molecule has 7 nitrogen and oxygen atoms in total. The molecular weight excluding hydrogens is 368 g/mol. The highest BCUT2D eigenvalue weighted by Crippen LogP contribution is 2.44. The van der Waals surface area contributed by atoms with Crippen molar-refractivity contribution in [2.45, 2.75) is 19.4 Å². The minimum absolute atomic E-state index is 0.0109. The quantitative estimate of drug-likeness (QED) is 0.880. The Labute approximate surface area is 148 Å². The number of halogens is 2. The normalized spacial score (nSPS) is 16.0. The molecule has 0 saturated carbocycles. The van der Waals surface area contributed by atoms with Crippen molar-refractivity contribution in [2.75, 3.05) is 15.9 Å². The lowest BCUT2D eigenvalue weighted by Crippen LogP contribution is -2.51. The molecule has 26 heavy (non-hydrogen) atoms. The molecule has 1 aliphatic rings. The first kappa shape index (κ1) is 18.1. The molecule has 2 aromatic rings. The maximum absolute atomic E-state index is 14.7. The topological polar surface area (TPSA) is 88.6 Å². The summed E-state index contributed by atoms with van der Waals surface area (Å²) in [7, 11) is -3.64. The molecule has 1 amide bonds. The molecule has 0 spiro atoms. The molecule has 0 bridgehead atoms. The number of aromatic nitrogens is 1. The third-order valence-electron chi connectivity index (χ3n) is 3.58. The number of pyridine rings is 1. The van der Waals surface area contributed by atoms with Gasteiger partial charge < -0.3 is 4.74 Å². The smallest absolute Gasteiger partial charge is 0.276 e. The number of hydrogen-bond acceptors (Lipinski definition) is 5. The lowest BCUT2D eigenvalue weighted by atomic mass is 10.0. The summed E-state index contributed by atoms with van der Waals surface area (Å²) >= 11 is 0. The number of nitrogens with zero attached hydrogens (tertiary/aromatic N) is 2. The number of nitrogens with one attached hydrogen (secondary N) is 1. The number of hydrogen-bond donors (Lipinski definition) is 1. The Morgan fingerprint density at radius 1 is 1.23 bits per heavy atom. The Morgan fingerprint density at radius 3 is 2.50 bits per heavy atom. The average Bonchev–Trinajstić information content (AvgIpc) is 2.48. The molecule has 1 aromatic carbocycles. The van der Waals surface area contributed by atoms with Gasteiger partial charge in [-0.25, -0.2) is 22.2 Å². The number of anilines is 3. The second-order valence-corrected chi connectivity index (χ2v) is 8.02. The first-order chi connectivity index (χ1) is 12.0. The van der Waals surface area contributed by atoms with E-state index >= 15 is 0 Å². The van der Waals surface area contributed by atoms with E-state index in [2.05, 4.69) is 9.71 Å². The van der Waals surface area contributed by atoms with Crippen molar-refractivity contribution in [1.82, 2.24) is 4.98 Å². The second kappa shape index (κ2) is 5.90. The van der Waals surface area contributed by atoms with Gasteiger partial charge in [-0.1, -0.05) is 0 Å². The lowest BCUT2D eigenvalue weighted by molar-refractivity contribution is -0.131. The number of carbonyl (C=O) groups is 1. The Kier molecular flexibility index (Phi) is 4.10. The van der Waals surface area contributed by atoms with Crippen LogP contribution in [0.1, 0.15) is 13.8 Å². The highest BCUT2D eigenvalue weighted by atomic mass is 32.2. The Bertz CT molecular complexity index is 991. The molecule has 1 N–H and O–H groups in total. The van der Waals surface area contributed by atoms with E-state index in [0.29, 0.717) is 0 Å². The molecule has 138 valence electrons. The van der Waals surface area contributed by atoms with Crippen LogP contribution in [0.3, 0.4) is 0 Å². The van der Waals surface area contributed by atoms with Gasteiger partial charge in [-0.05, 0) is 26.0 Å². The number of rotatable bonds is 3. The van der Waals surface area contributed by atoms with Crippen LogP contribution in [0, 0.1) is 11.6 Å². The largest absolute Gasteiger partial charge is 0.476 e. The summed E-state index contributed by atoms with van der Waals surface area (Å²) in [6.45, 7) is 2.95. The summed E-state index contributed by atoms with van der Waals surface area (Å²) in [5, 5.41) is 0. The van der Waals surface area contributed by atoms with Crippen LogP contribution in [0.2, 0.25) is 0 Å². The number of carbonyl (C=O) groups excluding carboxylic acids is 1. The van der Waals surface area contributed by atoms with Crippen LogP contribution in [-0.2, 0) is 14.8 Å². The maximum Gasteiger partial charge on any atom is 0.276 e. The van der Waals surface area contributed by atoms with Crippen LogP contribution in [-0.4, -0.2) is 31.2 Å². The van der Waals surface area contributed by atoms with Crippen LogP contribution in [0.4, 0.5) is 26.0 Å². The third-order valence-corrected chi connectivity index (χ3v) is 4.19. The van der Waals surface area contributed by atoms with Crippen molar-refractivity contribution in [3.05, 3.63) is 42.1 Å². The van der Waals surface area contributed by atoms with Crippen LogP contribution in [0.25, 0.3) is 0 Å². The zero-order valence-electron chi connectivity index (χ0n) is 14.1. The number of fused-ring (bicyclic) bond motifs is 1. The first-order valence-corrected chi connectivity index (χ1v) is 9.33. The predicted molar refractivity (Wildman–Crippen MR) is 90.9 cm³/mol. The Morgan fingerprint density at radius 2 is 1.92 bits per heavy atom. The van der Waals surface area contributed by atoms with Gasteiger partial charge in [0, 0.05) is 12.1 Å². The standard InChI is InChI=1S/C16H15F2N3O4S/c1-16(2)15(22)21(13-5-4-9(17)8-19-13)14-11(18)6-10(7-12(14)25-16)20-26(3,23)24/h4-8,20H,1-3H3. The molecule has 0 saturated heterocycles. The van der Waals surface area contributed by atoms with Gasteiger partial charge >= 0.3 is 0 Å². The zero-order chi connectivity index (χ0) is 19.3. The Hall–Kier alpha value is -2.75. The Balaban J connectivity index is 2.19. The molecule has 10 heteroatoms. The molecule has 0 unspecified atom stereocenters. The monoisotopic (exact) mass is 383 g/mol. The molecule has 0 aliphatic carbocycles. The molecule has 0 atom stereocenters. The highest BCUT2D eigenvalue weighted by molar-refractivity contribution is 7.92. The van der Waals surface area contributed by atoms with Gasteiger partial charge in [0.15, 0.2) is 11.4 Å². The molecule has 0 radical (unpaired) electrons. The summed E-state index contributed by atoms with van der Waals surface area (Å²) < 4.78 is 58.4. The molecule has 1 aliphatic heterocycles. The lowest BCUT2D eigenvalue weighted by Gasteiger charge is -2.38. The predicted octanol–water partition coefficient (Wildman–Crippen LogP) is 2.57. The maximum atomic E-state index is 14.7. The van der Waals surface area contributed by atoms with E-state index in [1.165, 1.54) is 26.0 Å². The summed E-state index contributed by atoms with van der Waals surface area (Å²) in [4.78, 5) is 17.6. The van der Waals surface area contributed by atoms with Gasteiger partial charge in [-0.3, -0.25) is 14.4 Å². The fraction of sp³-hybridized carbons (Fsp3) is 0.250. The summed E-state index contributed by atoms with van der Waals surface area (Å²) in [5.41, 5.74) is -1.66. The van der Waals surface area contributed by atoms with Gasteiger partial charge in [0.05, 0.1) is 18.1 Å². The molecule has 3 rings (SSSR count). The van der Waals surface area contributed by atoms with Crippen molar-refractivity contribution in [3.8, 4) is 5.75 Å². The number of sulfonamides is 1. The fourth-order valence-electron chi connectivity index (χ4n) is 2.55. The van der Waals surface area contributed by atoms with Crippen molar-refractivity contribution < 1.29 is 26.7 Å². The zero-order valence-corrected chi connectivity index (χ0v) is 14.9. The van der Waals surface area contributed by atoms with E-state index < -0.39 is 33.2 Å². The van der Waals surface area contributed by atoms with E-state index in [-0.39, 0.29) is 22.9 Å². The van der Waals surface area contributed by atoms with Gasteiger partial charge in [-0.2, -0.15) is 0 Å². The SMILES string of the molecule is CC1(C)Oc2cc(NS(C)(=O)=O)cc(F)c2N(c2ccc(F)cn2)C1=O. The molecule has 0 fully saturated rings. The summed E-state index contributed by atoms with van der Waals surface area (Å²) in [5.74, 6) is -2.15. The number of ether oxygens (including phenoxy) is 1. The van der Waals surface area contributed by atoms with E-state index in [0.717, 1.165) is 29.5 Å². The van der Waals surface area contributed by atoms with E-state index in [9.17, 15) is 22.0 Å². The number of benzene rings is 1. The summed E-state index contributed by atoms with van der Waals surface area (Å²) in [6.07, 6.45) is 1.83. The first-order valence-electron chi connectivity index (χ1n) is 7.44. The third kappa shape index (κ3) is 3.32. The highest BCUT2D eigenvalue weighted by Gasteiger charge is 2.44. The van der Waals surface area contributed by atoms with Gasteiger partial charge in [0.2, 0.25) is 10.0 Å². The average molecular weight is 383 g/mol. The van der Waals surface area contributed by atoms with Crippen molar-refractivity contribution in [2.24, 2.45) is 0 Å². The van der Waals surface area contributed by atoms with Gasteiger partial charge in [-0.15, -0.1) is 0 Å². The van der Waals surface area contributed by atoms with Gasteiger partial charge in [0.1, 0.15) is 23.1 Å². The fourth-order valence-corrected chi connectivity index (χ4v) is 3.10. The minimum Gasteiger partial charge on any atom is -0.476 e. The van der Waals surface area contributed by atoms with Crippen LogP contribution < -0.4 is 14.4 Å².